The summed E-state index contributed by atoms with van der Waals surface area (Å²) >= 11 is 0. The predicted octanol–water partition coefficient (Wildman–Crippen LogP) is 0.876. The average Bonchev–Trinajstić information content (AvgIpc) is 2.96. The number of rotatable bonds is 6. The van der Waals surface area contributed by atoms with Gasteiger partial charge in [-0.15, -0.1) is 5.10 Å². The van der Waals surface area contributed by atoms with Gasteiger partial charge < -0.3 is 15.8 Å². The minimum absolute atomic E-state index is 0.159. The van der Waals surface area contributed by atoms with Crippen molar-refractivity contribution < 1.29 is 13.9 Å². The number of carbonyl (C=O) groups excluding carboxylic acids is 1. The highest BCUT2D eigenvalue weighted by molar-refractivity contribution is 5.92. The van der Waals surface area contributed by atoms with Crippen LogP contribution in [0.5, 0.6) is 5.75 Å². The van der Waals surface area contributed by atoms with Crippen molar-refractivity contribution in [2.24, 2.45) is 5.73 Å². The highest BCUT2D eigenvalue weighted by Crippen LogP contribution is 2.21. The Morgan fingerprint density at radius 1 is 1.55 bits per heavy atom. The monoisotopic (exact) mass is 307 g/mol. The minimum Gasteiger partial charge on any atom is -0.494 e. The maximum atomic E-state index is 13.7. The van der Waals surface area contributed by atoms with Gasteiger partial charge in [-0.1, -0.05) is 11.3 Å². The minimum atomic E-state index is -0.477. The molecule has 8 heteroatoms. The summed E-state index contributed by atoms with van der Waals surface area (Å²) in [6, 6.07) is 4.16. The Labute approximate surface area is 127 Å². The number of ether oxygens (including phenoxy) is 1. The Morgan fingerprint density at radius 2 is 2.32 bits per heavy atom. The van der Waals surface area contributed by atoms with E-state index in [-0.39, 0.29) is 23.4 Å². The van der Waals surface area contributed by atoms with Gasteiger partial charge in [-0.05, 0) is 24.6 Å². The van der Waals surface area contributed by atoms with E-state index in [9.17, 15) is 9.18 Å². The van der Waals surface area contributed by atoms with E-state index in [1.807, 2.05) is 0 Å². The van der Waals surface area contributed by atoms with Gasteiger partial charge in [0.15, 0.2) is 17.3 Å². The molecule has 118 valence electrons. The van der Waals surface area contributed by atoms with Crippen molar-refractivity contribution in [2.75, 3.05) is 13.7 Å². The second kappa shape index (κ2) is 6.99. The number of methoxy groups -OCH3 is 1. The van der Waals surface area contributed by atoms with Crippen LogP contribution in [0.2, 0.25) is 0 Å². The molecule has 0 fully saturated rings. The third-order valence-electron chi connectivity index (χ3n) is 3.15. The number of hydrogen-bond acceptors (Lipinski definition) is 5. The largest absolute Gasteiger partial charge is 0.494 e. The van der Waals surface area contributed by atoms with Crippen LogP contribution >= 0.6 is 0 Å². The van der Waals surface area contributed by atoms with Crippen LogP contribution in [-0.2, 0) is 6.54 Å². The zero-order chi connectivity index (χ0) is 16.1. The summed E-state index contributed by atoms with van der Waals surface area (Å²) in [5, 5.41) is 10.3. The molecule has 22 heavy (non-hydrogen) atoms. The quantitative estimate of drug-likeness (QED) is 0.826. The number of nitrogens with two attached hydrogens (primary N) is 1. The van der Waals surface area contributed by atoms with Gasteiger partial charge >= 0.3 is 0 Å². The first-order valence-electron chi connectivity index (χ1n) is 6.79. The van der Waals surface area contributed by atoms with E-state index in [1.165, 1.54) is 30.1 Å². The van der Waals surface area contributed by atoms with Crippen LogP contribution in [0.25, 0.3) is 0 Å². The average molecular weight is 307 g/mol. The van der Waals surface area contributed by atoms with Crippen molar-refractivity contribution in [1.82, 2.24) is 20.3 Å². The van der Waals surface area contributed by atoms with Crippen LogP contribution in [0, 0.1) is 5.82 Å². The molecule has 0 aliphatic rings. The van der Waals surface area contributed by atoms with Crippen LogP contribution in [0.3, 0.4) is 0 Å². The summed E-state index contributed by atoms with van der Waals surface area (Å²) in [6.07, 6.45) is 1.52. The lowest BCUT2D eigenvalue weighted by atomic mass is 10.1. The number of benzene rings is 1. The van der Waals surface area contributed by atoms with Crippen LogP contribution in [-0.4, -0.2) is 34.6 Å². The van der Waals surface area contributed by atoms with Crippen molar-refractivity contribution in [3.63, 3.8) is 0 Å². The van der Waals surface area contributed by atoms with E-state index in [2.05, 4.69) is 15.6 Å². The molecule has 1 heterocycles. The second-order valence-corrected chi connectivity index (χ2v) is 4.74. The molecular formula is C14H18FN5O2. The number of carbonyl (C=O) groups is 1. The Morgan fingerprint density at radius 3 is 2.95 bits per heavy atom. The van der Waals surface area contributed by atoms with Gasteiger partial charge in [0.1, 0.15) is 0 Å². The smallest absolute Gasteiger partial charge is 0.273 e. The molecule has 0 saturated carbocycles. The number of nitrogens with one attached hydrogen (secondary N) is 1. The third kappa shape index (κ3) is 3.59. The Balaban J connectivity index is 2.05. The Bertz CT molecular complexity index is 658. The zero-order valence-electron chi connectivity index (χ0n) is 12.4. The lowest BCUT2D eigenvalue weighted by Crippen LogP contribution is -2.27. The maximum absolute atomic E-state index is 13.7. The van der Waals surface area contributed by atoms with E-state index >= 15 is 0 Å². The van der Waals surface area contributed by atoms with E-state index in [0.29, 0.717) is 18.7 Å². The van der Waals surface area contributed by atoms with E-state index in [0.717, 1.165) is 0 Å². The van der Waals surface area contributed by atoms with Crippen molar-refractivity contribution >= 4 is 5.91 Å². The number of nitrogens with zero attached hydrogens (tertiary/aromatic N) is 3. The van der Waals surface area contributed by atoms with Crippen LogP contribution in [0.1, 0.15) is 29.0 Å². The number of amides is 1. The SMILES string of the molecule is COc1ccc([C@H](C)NC(=O)c2cn(CCN)nn2)cc1F. The highest BCUT2D eigenvalue weighted by atomic mass is 19.1. The van der Waals surface area contributed by atoms with Gasteiger partial charge in [0.05, 0.1) is 25.9 Å². The number of aromatic nitrogens is 3. The summed E-state index contributed by atoms with van der Waals surface area (Å²) in [6.45, 7) is 2.65. The molecular weight excluding hydrogens is 289 g/mol. The number of halogens is 1. The van der Waals surface area contributed by atoms with E-state index < -0.39 is 5.82 Å². The van der Waals surface area contributed by atoms with Gasteiger partial charge in [0, 0.05) is 6.54 Å². The Kier molecular flexibility index (Phi) is 5.05. The summed E-state index contributed by atoms with van der Waals surface area (Å²) < 4.78 is 20.0. The molecule has 3 N–H and O–H groups in total. The van der Waals surface area contributed by atoms with Gasteiger partial charge in [0.2, 0.25) is 0 Å². The number of hydrogen-bond donors (Lipinski definition) is 2. The van der Waals surface area contributed by atoms with Crippen molar-refractivity contribution in [3.8, 4) is 5.75 Å². The van der Waals surface area contributed by atoms with Crippen molar-refractivity contribution in [3.05, 3.63) is 41.5 Å². The predicted molar refractivity (Wildman–Crippen MR) is 77.9 cm³/mol. The first kappa shape index (κ1) is 15.9. The molecule has 0 aliphatic heterocycles. The molecule has 0 bridgehead atoms. The van der Waals surface area contributed by atoms with Gasteiger partial charge in [-0.3, -0.25) is 9.48 Å². The molecule has 2 aromatic rings. The summed E-state index contributed by atoms with van der Waals surface area (Å²) in [7, 11) is 1.40. The summed E-state index contributed by atoms with van der Waals surface area (Å²) in [5.41, 5.74) is 6.22. The summed E-state index contributed by atoms with van der Waals surface area (Å²) in [4.78, 5) is 12.1. The second-order valence-electron chi connectivity index (χ2n) is 4.74. The highest BCUT2D eigenvalue weighted by Gasteiger charge is 2.16. The van der Waals surface area contributed by atoms with Crippen LogP contribution in [0.4, 0.5) is 4.39 Å². The molecule has 0 spiro atoms. The molecule has 1 aromatic heterocycles. The standard InChI is InChI=1S/C14H18FN5O2/c1-9(10-3-4-13(22-2)11(15)7-10)17-14(21)12-8-20(6-5-16)19-18-12/h3-4,7-9H,5-6,16H2,1-2H3,(H,17,21)/t9-/m0/s1. The fourth-order valence-electron chi connectivity index (χ4n) is 1.95. The van der Waals surface area contributed by atoms with Gasteiger partial charge in [-0.2, -0.15) is 0 Å². The van der Waals surface area contributed by atoms with Crippen molar-refractivity contribution in [1.29, 1.82) is 0 Å². The van der Waals surface area contributed by atoms with Crippen LogP contribution in [0.15, 0.2) is 24.4 Å². The fourth-order valence-corrected chi connectivity index (χ4v) is 1.95. The molecule has 0 radical (unpaired) electrons. The van der Waals surface area contributed by atoms with E-state index in [4.69, 9.17) is 10.5 Å². The van der Waals surface area contributed by atoms with Gasteiger partial charge in [-0.25, -0.2) is 4.39 Å². The molecule has 0 unspecified atom stereocenters. The molecule has 1 aromatic carbocycles. The molecule has 0 saturated heterocycles. The van der Waals surface area contributed by atoms with E-state index in [1.54, 1.807) is 13.0 Å². The van der Waals surface area contributed by atoms with Crippen LogP contribution < -0.4 is 15.8 Å². The first-order valence-corrected chi connectivity index (χ1v) is 6.79. The topological polar surface area (TPSA) is 95.1 Å². The van der Waals surface area contributed by atoms with Gasteiger partial charge in [0.25, 0.3) is 5.91 Å². The Hall–Kier alpha value is -2.48. The maximum Gasteiger partial charge on any atom is 0.273 e. The molecule has 1 atom stereocenters. The normalized spacial score (nSPS) is 12.0. The molecule has 1 amide bonds. The zero-order valence-corrected chi connectivity index (χ0v) is 12.4. The lowest BCUT2D eigenvalue weighted by Gasteiger charge is -2.14. The van der Waals surface area contributed by atoms with Crippen molar-refractivity contribution in [2.45, 2.75) is 19.5 Å². The third-order valence-corrected chi connectivity index (χ3v) is 3.15. The molecule has 0 aliphatic carbocycles. The lowest BCUT2D eigenvalue weighted by molar-refractivity contribution is 0.0934. The molecule has 2 rings (SSSR count). The fraction of sp³-hybridized carbons (Fsp3) is 0.357. The first-order chi connectivity index (χ1) is 10.5. The summed E-state index contributed by atoms with van der Waals surface area (Å²) in [5.74, 6) is -0.700. The molecule has 7 nitrogen and oxygen atoms in total.